The molecule has 6 heteroatoms. The normalized spacial score (nSPS) is 12.2. The molecule has 0 saturated heterocycles. The lowest BCUT2D eigenvalue weighted by Crippen LogP contribution is -2.27. The molecule has 0 spiro atoms. The number of aliphatic hydroxyl groups is 1. The van der Waals surface area contributed by atoms with Gasteiger partial charge in [0, 0.05) is 6.54 Å². The lowest BCUT2D eigenvalue weighted by Gasteiger charge is -2.08. The topological polar surface area (TPSA) is 75.3 Å². The summed E-state index contributed by atoms with van der Waals surface area (Å²) in [4.78, 5) is 11.5. The van der Waals surface area contributed by atoms with Crippen molar-refractivity contribution in [2.75, 3.05) is 12.3 Å². The second kappa shape index (κ2) is 5.58. The molecule has 1 amide bonds. The Hall–Kier alpha value is -1.69. The number of carbonyl (C=O) groups excluding carboxylic acids is 1. The van der Waals surface area contributed by atoms with Gasteiger partial charge in [-0.1, -0.05) is 0 Å². The molecule has 0 aliphatic heterocycles. The van der Waals surface area contributed by atoms with E-state index >= 15 is 0 Å². The number of rotatable bonds is 4. The van der Waals surface area contributed by atoms with Crippen LogP contribution in [0.3, 0.4) is 0 Å². The first-order chi connectivity index (χ1) is 7.91. The van der Waals surface area contributed by atoms with E-state index in [2.05, 4.69) is 5.32 Å². The first kappa shape index (κ1) is 13.4. The predicted molar refractivity (Wildman–Crippen MR) is 59.4 cm³/mol. The number of nitrogens with two attached hydrogens (primary N) is 1. The quantitative estimate of drug-likeness (QED) is 0.693. The molecular weight excluding hydrogens is 230 g/mol. The van der Waals surface area contributed by atoms with E-state index in [1.165, 1.54) is 0 Å². The zero-order chi connectivity index (χ0) is 13.0. The maximum absolute atomic E-state index is 13.4. The molecule has 1 atom stereocenters. The first-order valence-corrected chi connectivity index (χ1v) is 5.12. The highest BCUT2D eigenvalue weighted by Crippen LogP contribution is 2.17. The van der Waals surface area contributed by atoms with Crippen molar-refractivity contribution in [3.63, 3.8) is 0 Å². The van der Waals surface area contributed by atoms with Crippen LogP contribution in [0.15, 0.2) is 12.1 Å². The Morgan fingerprint density at radius 2 is 2.18 bits per heavy atom. The van der Waals surface area contributed by atoms with E-state index in [1.54, 1.807) is 6.92 Å². The lowest BCUT2D eigenvalue weighted by molar-refractivity contribution is 0.0941. The number of anilines is 1. The lowest BCUT2D eigenvalue weighted by atomic mass is 10.1. The van der Waals surface area contributed by atoms with E-state index in [9.17, 15) is 13.6 Å². The second-order valence-electron chi connectivity index (χ2n) is 3.75. The smallest absolute Gasteiger partial charge is 0.254 e. The van der Waals surface area contributed by atoms with Gasteiger partial charge in [0.05, 0.1) is 17.4 Å². The number of benzene rings is 1. The van der Waals surface area contributed by atoms with Crippen molar-refractivity contribution in [2.45, 2.75) is 19.4 Å². The van der Waals surface area contributed by atoms with E-state index in [-0.39, 0.29) is 6.54 Å². The van der Waals surface area contributed by atoms with Gasteiger partial charge in [-0.15, -0.1) is 0 Å². The van der Waals surface area contributed by atoms with Crippen molar-refractivity contribution in [2.24, 2.45) is 0 Å². The Morgan fingerprint density at radius 3 is 2.76 bits per heavy atom. The Morgan fingerprint density at radius 1 is 1.53 bits per heavy atom. The van der Waals surface area contributed by atoms with Crippen LogP contribution in [0.25, 0.3) is 0 Å². The summed E-state index contributed by atoms with van der Waals surface area (Å²) >= 11 is 0. The molecule has 0 aliphatic carbocycles. The highest BCUT2D eigenvalue weighted by Gasteiger charge is 2.15. The number of aliphatic hydroxyl groups excluding tert-OH is 1. The molecule has 0 aliphatic rings. The third kappa shape index (κ3) is 3.67. The Bertz CT molecular complexity index is 422. The van der Waals surface area contributed by atoms with Gasteiger partial charge >= 0.3 is 0 Å². The maximum atomic E-state index is 13.4. The van der Waals surface area contributed by atoms with E-state index in [0.717, 1.165) is 12.1 Å². The summed E-state index contributed by atoms with van der Waals surface area (Å²) in [5.74, 6) is -2.47. The number of hydrogen-bond acceptors (Lipinski definition) is 3. The molecule has 1 rings (SSSR count). The number of nitrogens with one attached hydrogen (secondary N) is 1. The second-order valence-corrected chi connectivity index (χ2v) is 3.75. The maximum Gasteiger partial charge on any atom is 0.254 e. The van der Waals surface area contributed by atoms with Crippen LogP contribution in [0.1, 0.15) is 23.7 Å². The van der Waals surface area contributed by atoms with Crippen molar-refractivity contribution in [3.8, 4) is 0 Å². The third-order valence-corrected chi connectivity index (χ3v) is 2.16. The van der Waals surface area contributed by atoms with Crippen molar-refractivity contribution in [1.82, 2.24) is 5.32 Å². The standard InChI is InChI=1S/C11H14F2N2O2/c1-6(16)2-3-15-11(17)8-4-7(12)5-9(14)10(8)13/h4-6,16H,2-3,14H2,1H3,(H,15,17). The van der Waals surface area contributed by atoms with E-state index in [4.69, 9.17) is 10.8 Å². The first-order valence-electron chi connectivity index (χ1n) is 5.12. The molecule has 0 saturated carbocycles. The summed E-state index contributed by atoms with van der Waals surface area (Å²) in [6.07, 6.45) is -0.240. The van der Waals surface area contributed by atoms with Crippen LogP contribution in [0.4, 0.5) is 14.5 Å². The van der Waals surface area contributed by atoms with Gasteiger partial charge in [-0.05, 0) is 25.5 Å². The molecule has 94 valence electrons. The fourth-order valence-electron chi connectivity index (χ4n) is 1.27. The molecule has 1 aromatic rings. The summed E-state index contributed by atoms with van der Waals surface area (Å²) in [7, 11) is 0. The summed E-state index contributed by atoms with van der Waals surface area (Å²) in [6.45, 7) is 1.74. The number of halogens is 2. The molecule has 4 nitrogen and oxygen atoms in total. The number of amides is 1. The Labute approximate surface area is 97.4 Å². The van der Waals surface area contributed by atoms with Crippen molar-refractivity contribution in [1.29, 1.82) is 0 Å². The summed E-state index contributed by atoms with van der Waals surface area (Å²) in [6, 6.07) is 1.59. The molecule has 0 fully saturated rings. The van der Waals surface area contributed by atoms with Crippen molar-refractivity contribution in [3.05, 3.63) is 29.3 Å². The van der Waals surface area contributed by atoms with Crippen LogP contribution in [0.5, 0.6) is 0 Å². The highest BCUT2D eigenvalue weighted by atomic mass is 19.1. The number of carbonyl (C=O) groups is 1. The summed E-state index contributed by atoms with van der Waals surface area (Å²) in [5.41, 5.74) is 4.35. The Kier molecular flexibility index (Phi) is 4.39. The summed E-state index contributed by atoms with van der Waals surface area (Å²) in [5, 5.41) is 11.3. The van der Waals surface area contributed by atoms with Gasteiger partial charge in [0.25, 0.3) is 5.91 Å². The van der Waals surface area contributed by atoms with Crippen LogP contribution in [0.2, 0.25) is 0 Å². The Balaban J connectivity index is 2.75. The van der Waals surface area contributed by atoms with Crippen molar-refractivity contribution >= 4 is 11.6 Å². The molecule has 4 N–H and O–H groups in total. The molecule has 17 heavy (non-hydrogen) atoms. The van der Waals surface area contributed by atoms with Gasteiger partial charge < -0.3 is 16.2 Å². The van der Waals surface area contributed by atoms with Crippen LogP contribution >= 0.6 is 0 Å². The van der Waals surface area contributed by atoms with E-state index in [0.29, 0.717) is 6.42 Å². The van der Waals surface area contributed by atoms with Crippen LogP contribution < -0.4 is 11.1 Å². The monoisotopic (exact) mass is 244 g/mol. The van der Waals surface area contributed by atoms with E-state index < -0.39 is 34.9 Å². The SMILES string of the molecule is CC(O)CCNC(=O)c1cc(F)cc(N)c1F. The predicted octanol–water partition coefficient (Wildman–Crippen LogP) is 1.05. The van der Waals surface area contributed by atoms with Gasteiger partial charge in [-0.25, -0.2) is 8.78 Å². The highest BCUT2D eigenvalue weighted by molar-refractivity contribution is 5.95. The van der Waals surface area contributed by atoms with E-state index in [1.807, 2.05) is 0 Å². The fraction of sp³-hybridized carbons (Fsp3) is 0.364. The minimum atomic E-state index is -0.944. The minimum Gasteiger partial charge on any atom is -0.396 e. The molecule has 0 aromatic heterocycles. The van der Waals surface area contributed by atoms with Crippen molar-refractivity contribution < 1.29 is 18.7 Å². The summed E-state index contributed by atoms with van der Waals surface area (Å²) < 4.78 is 26.4. The average Bonchev–Trinajstić information content (AvgIpc) is 2.22. The van der Waals surface area contributed by atoms with Crippen LogP contribution in [0, 0.1) is 11.6 Å². The van der Waals surface area contributed by atoms with Gasteiger partial charge in [-0.3, -0.25) is 4.79 Å². The average molecular weight is 244 g/mol. The fourth-order valence-corrected chi connectivity index (χ4v) is 1.27. The van der Waals surface area contributed by atoms with Gasteiger partial charge in [0.15, 0.2) is 5.82 Å². The zero-order valence-electron chi connectivity index (χ0n) is 9.34. The van der Waals surface area contributed by atoms with Crippen LogP contribution in [-0.2, 0) is 0 Å². The molecule has 1 unspecified atom stereocenters. The zero-order valence-corrected chi connectivity index (χ0v) is 9.34. The molecule has 1 aromatic carbocycles. The van der Waals surface area contributed by atoms with Gasteiger partial charge in [0.2, 0.25) is 0 Å². The molecule has 0 radical (unpaired) electrons. The molecular formula is C11H14F2N2O2. The number of nitrogen functional groups attached to an aromatic ring is 1. The molecule has 0 heterocycles. The minimum absolute atomic E-state index is 0.173. The largest absolute Gasteiger partial charge is 0.396 e. The van der Waals surface area contributed by atoms with Crippen LogP contribution in [-0.4, -0.2) is 23.7 Å². The third-order valence-electron chi connectivity index (χ3n) is 2.16. The van der Waals surface area contributed by atoms with Gasteiger partial charge in [-0.2, -0.15) is 0 Å². The van der Waals surface area contributed by atoms with Gasteiger partial charge in [0.1, 0.15) is 5.82 Å². The molecule has 0 bridgehead atoms. The number of hydrogen-bond donors (Lipinski definition) is 3.